The van der Waals surface area contributed by atoms with E-state index in [4.69, 9.17) is 4.74 Å². The quantitative estimate of drug-likeness (QED) is 0.749. The predicted octanol–water partition coefficient (Wildman–Crippen LogP) is 5.16. The minimum atomic E-state index is 0.605. The molecular weight excluding hydrogens is 246 g/mol. The van der Waals surface area contributed by atoms with Crippen molar-refractivity contribution in [1.82, 2.24) is 0 Å². The summed E-state index contributed by atoms with van der Waals surface area (Å²) in [5, 5.41) is 3.71. The second-order valence-corrected chi connectivity index (χ2v) is 6.21. The van der Waals surface area contributed by atoms with Crippen LogP contribution in [0.2, 0.25) is 0 Å². The maximum Gasteiger partial charge on any atom is 0.142 e. The van der Waals surface area contributed by atoms with Crippen LogP contribution in [0.4, 0.5) is 5.69 Å². The van der Waals surface area contributed by atoms with E-state index in [0.717, 1.165) is 17.4 Å². The fraction of sp³-hybridized carbons (Fsp3) is 0.667. The third-order valence-electron chi connectivity index (χ3n) is 4.50. The molecule has 0 radical (unpaired) electrons. The molecule has 0 aromatic heterocycles. The van der Waals surface area contributed by atoms with Gasteiger partial charge in [-0.15, -0.1) is 0 Å². The smallest absolute Gasteiger partial charge is 0.142 e. The third-order valence-corrected chi connectivity index (χ3v) is 4.50. The number of rotatable bonds is 5. The molecule has 0 bridgehead atoms. The zero-order valence-corrected chi connectivity index (χ0v) is 13.2. The highest BCUT2D eigenvalue weighted by Crippen LogP contribution is 2.31. The molecule has 1 aromatic rings. The predicted molar refractivity (Wildman–Crippen MR) is 86.6 cm³/mol. The highest BCUT2D eigenvalue weighted by atomic mass is 16.5. The van der Waals surface area contributed by atoms with Gasteiger partial charge in [-0.25, -0.2) is 0 Å². The molecular formula is C18H29NO. The summed E-state index contributed by atoms with van der Waals surface area (Å²) in [6.45, 7) is 4.41. The molecule has 20 heavy (non-hydrogen) atoms. The second-order valence-electron chi connectivity index (χ2n) is 6.21. The average molecular weight is 275 g/mol. The van der Waals surface area contributed by atoms with Crippen LogP contribution in [0.15, 0.2) is 18.2 Å². The summed E-state index contributed by atoms with van der Waals surface area (Å²) in [4.78, 5) is 0. The van der Waals surface area contributed by atoms with E-state index in [2.05, 4.69) is 37.4 Å². The Bertz CT molecular complexity index is 416. The van der Waals surface area contributed by atoms with Crippen molar-refractivity contribution < 1.29 is 4.74 Å². The van der Waals surface area contributed by atoms with Crippen LogP contribution < -0.4 is 10.1 Å². The van der Waals surface area contributed by atoms with E-state index in [1.165, 1.54) is 50.5 Å². The normalized spacial score (nSPS) is 23.1. The summed E-state index contributed by atoms with van der Waals surface area (Å²) < 4.78 is 5.50. The lowest BCUT2D eigenvalue weighted by Crippen LogP contribution is -2.19. The molecule has 2 rings (SSSR count). The van der Waals surface area contributed by atoms with Crippen molar-refractivity contribution in [1.29, 1.82) is 0 Å². The van der Waals surface area contributed by atoms with Crippen molar-refractivity contribution in [2.75, 3.05) is 12.4 Å². The highest BCUT2D eigenvalue weighted by Gasteiger charge is 2.19. The molecule has 2 heteroatoms. The van der Waals surface area contributed by atoms with Crippen LogP contribution >= 0.6 is 0 Å². The van der Waals surface area contributed by atoms with Gasteiger partial charge in [-0.2, -0.15) is 0 Å². The van der Waals surface area contributed by atoms with E-state index < -0.39 is 0 Å². The topological polar surface area (TPSA) is 21.3 Å². The molecule has 2 unspecified atom stereocenters. The van der Waals surface area contributed by atoms with Gasteiger partial charge in [-0.1, -0.05) is 38.7 Å². The van der Waals surface area contributed by atoms with Gasteiger partial charge in [0.05, 0.1) is 12.8 Å². The van der Waals surface area contributed by atoms with Gasteiger partial charge in [0.2, 0.25) is 0 Å². The molecule has 112 valence electrons. The first-order valence-electron chi connectivity index (χ1n) is 8.14. The summed E-state index contributed by atoms with van der Waals surface area (Å²) in [7, 11) is 1.75. The Morgan fingerprint density at radius 2 is 2.05 bits per heavy atom. The van der Waals surface area contributed by atoms with Crippen LogP contribution in [-0.2, 0) is 0 Å². The van der Waals surface area contributed by atoms with E-state index in [1.807, 2.05) is 0 Å². The summed E-state index contributed by atoms with van der Waals surface area (Å²) in [5.41, 5.74) is 2.40. The summed E-state index contributed by atoms with van der Waals surface area (Å²) in [6.07, 6.45) is 9.46. The van der Waals surface area contributed by atoms with Crippen molar-refractivity contribution >= 4 is 5.69 Å². The molecule has 0 amide bonds. The number of ether oxygens (including phenoxy) is 1. The summed E-state index contributed by atoms with van der Waals surface area (Å²) in [6, 6.07) is 7.02. The van der Waals surface area contributed by atoms with Crippen LogP contribution in [0.1, 0.15) is 57.4 Å². The van der Waals surface area contributed by atoms with Crippen LogP contribution in [0, 0.1) is 12.8 Å². The van der Waals surface area contributed by atoms with Crippen LogP contribution in [0.5, 0.6) is 5.75 Å². The highest BCUT2D eigenvalue weighted by molar-refractivity contribution is 5.58. The van der Waals surface area contributed by atoms with Crippen LogP contribution in [0.3, 0.4) is 0 Å². The van der Waals surface area contributed by atoms with Crippen LogP contribution in [-0.4, -0.2) is 13.2 Å². The number of hydrogen-bond donors (Lipinski definition) is 1. The lowest BCUT2D eigenvalue weighted by Gasteiger charge is -2.20. The zero-order valence-electron chi connectivity index (χ0n) is 13.2. The molecule has 1 aromatic carbocycles. The van der Waals surface area contributed by atoms with Crippen molar-refractivity contribution in [2.45, 2.75) is 64.8 Å². The number of aryl methyl sites for hydroxylation is 1. The van der Waals surface area contributed by atoms with Gasteiger partial charge in [0.1, 0.15) is 5.75 Å². The Kier molecular flexibility index (Phi) is 5.75. The Morgan fingerprint density at radius 1 is 1.20 bits per heavy atom. The molecule has 1 saturated carbocycles. The van der Waals surface area contributed by atoms with Crippen molar-refractivity contribution in [3.05, 3.63) is 23.8 Å². The summed E-state index contributed by atoms with van der Waals surface area (Å²) >= 11 is 0. The molecule has 0 heterocycles. The Hall–Kier alpha value is -1.18. The summed E-state index contributed by atoms with van der Waals surface area (Å²) in [5.74, 6) is 1.92. The van der Waals surface area contributed by atoms with Gasteiger partial charge in [0.25, 0.3) is 0 Å². The van der Waals surface area contributed by atoms with Gasteiger partial charge >= 0.3 is 0 Å². The number of benzene rings is 1. The minimum Gasteiger partial charge on any atom is -0.495 e. The number of hydrogen-bond acceptors (Lipinski definition) is 2. The van der Waals surface area contributed by atoms with Gasteiger partial charge in [0, 0.05) is 6.04 Å². The van der Waals surface area contributed by atoms with Crippen molar-refractivity contribution in [3.8, 4) is 5.75 Å². The maximum absolute atomic E-state index is 5.50. The Balaban J connectivity index is 1.96. The molecule has 1 N–H and O–H groups in total. The standard InChI is InChI=1S/C18H29NO/c1-4-6-15-7-5-8-16(11-10-15)19-17-12-9-14(2)13-18(17)20-3/h9,12-13,15-16,19H,4-8,10-11H2,1-3H3. The van der Waals surface area contributed by atoms with Gasteiger partial charge < -0.3 is 10.1 Å². The Morgan fingerprint density at radius 3 is 2.80 bits per heavy atom. The number of anilines is 1. The number of nitrogens with one attached hydrogen (secondary N) is 1. The fourth-order valence-electron chi connectivity index (χ4n) is 3.36. The van der Waals surface area contributed by atoms with Crippen LogP contribution in [0.25, 0.3) is 0 Å². The molecule has 2 nitrogen and oxygen atoms in total. The largest absolute Gasteiger partial charge is 0.495 e. The monoisotopic (exact) mass is 275 g/mol. The fourth-order valence-corrected chi connectivity index (χ4v) is 3.36. The third kappa shape index (κ3) is 4.16. The SMILES string of the molecule is CCCC1CCCC(Nc2ccc(C)cc2OC)CC1. The Labute approximate surface area is 123 Å². The second kappa shape index (κ2) is 7.56. The molecule has 1 fully saturated rings. The van der Waals surface area contributed by atoms with Gasteiger partial charge in [0.15, 0.2) is 0 Å². The molecule has 2 atom stereocenters. The molecule has 0 spiro atoms. The lowest BCUT2D eigenvalue weighted by atomic mass is 9.95. The first kappa shape index (κ1) is 15.2. The molecule has 1 aliphatic rings. The van der Waals surface area contributed by atoms with E-state index in [-0.39, 0.29) is 0 Å². The maximum atomic E-state index is 5.50. The average Bonchev–Trinajstić information content (AvgIpc) is 2.67. The molecule has 1 aliphatic carbocycles. The van der Waals surface area contributed by atoms with E-state index in [9.17, 15) is 0 Å². The van der Waals surface area contributed by atoms with Gasteiger partial charge in [-0.05, 0) is 49.8 Å². The van der Waals surface area contributed by atoms with Crippen molar-refractivity contribution in [2.24, 2.45) is 5.92 Å². The van der Waals surface area contributed by atoms with E-state index in [0.29, 0.717) is 6.04 Å². The van der Waals surface area contributed by atoms with E-state index in [1.54, 1.807) is 7.11 Å². The number of methoxy groups -OCH3 is 1. The lowest BCUT2D eigenvalue weighted by molar-refractivity contribution is 0.414. The first-order chi connectivity index (χ1) is 9.72. The first-order valence-corrected chi connectivity index (χ1v) is 8.14. The molecule has 0 saturated heterocycles. The van der Waals surface area contributed by atoms with Crippen molar-refractivity contribution in [3.63, 3.8) is 0 Å². The van der Waals surface area contributed by atoms with Gasteiger partial charge in [-0.3, -0.25) is 0 Å². The minimum absolute atomic E-state index is 0.605. The zero-order chi connectivity index (χ0) is 14.4. The van der Waals surface area contributed by atoms with E-state index >= 15 is 0 Å². The molecule has 0 aliphatic heterocycles.